The van der Waals surface area contributed by atoms with Gasteiger partial charge in [0.1, 0.15) is 5.82 Å². The largest absolute Gasteiger partial charge is 0.501 e. The van der Waals surface area contributed by atoms with Crippen LogP contribution in [-0.2, 0) is 13.0 Å². The average Bonchev–Trinajstić information content (AvgIpc) is 2.70. The van der Waals surface area contributed by atoms with Crippen LogP contribution < -0.4 is 5.56 Å². The fraction of sp³-hybridized carbons (Fsp3) is 0.545. The number of hydrogen-bond acceptors (Lipinski definition) is 4. The molecule has 0 radical (unpaired) electrons. The Kier molecular flexibility index (Phi) is 2.53. The highest BCUT2D eigenvalue weighted by Gasteiger charge is 2.24. The molecule has 1 N–H and O–H groups in total. The van der Waals surface area contributed by atoms with E-state index in [0.29, 0.717) is 18.8 Å². The van der Waals surface area contributed by atoms with E-state index in [1.54, 1.807) is 13.8 Å². The van der Waals surface area contributed by atoms with Gasteiger partial charge in [-0.25, -0.2) is 4.98 Å². The highest BCUT2D eigenvalue weighted by Crippen LogP contribution is 2.18. The van der Waals surface area contributed by atoms with E-state index in [1.807, 2.05) is 0 Å². The van der Waals surface area contributed by atoms with Crippen LogP contribution in [0, 0.1) is 5.92 Å². The number of hydrogen-bond donors (Lipinski definition) is 1. The first-order chi connectivity index (χ1) is 7.52. The lowest BCUT2D eigenvalue weighted by molar-refractivity contribution is 0.0930. The quantitative estimate of drug-likeness (QED) is 0.749. The Hall–Kier alpha value is -1.65. The van der Waals surface area contributed by atoms with E-state index < -0.39 is 11.3 Å². The second kappa shape index (κ2) is 3.73. The van der Waals surface area contributed by atoms with E-state index in [1.165, 1.54) is 4.57 Å². The molecule has 0 unspecified atom stereocenters. The molecule has 0 aliphatic carbocycles. The number of fused-ring (bicyclic) bond motifs is 1. The van der Waals surface area contributed by atoms with Gasteiger partial charge in [-0.05, 0) is 6.42 Å². The standard InChI is InChI=1S/C11H14N2O3/c1-6(2)9(14)8-10(15)11(16)13-5-3-4-7(13)12-8/h6,15H,3-5H2,1-2H3. The van der Waals surface area contributed by atoms with Crippen LogP contribution in [0.3, 0.4) is 0 Å². The Labute approximate surface area is 92.7 Å². The lowest BCUT2D eigenvalue weighted by atomic mass is 10.1. The monoisotopic (exact) mass is 222 g/mol. The first-order valence-electron chi connectivity index (χ1n) is 5.39. The van der Waals surface area contributed by atoms with E-state index in [0.717, 1.165) is 6.42 Å². The number of aryl methyl sites for hydroxylation is 1. The van der Waals surface area contributed by atoms with Crippen molar-refractivity contribution < 1.29 is 9.90 Å². The van der Waals surface area contributed by atoms with Crippen LogP contribution in [0.1, 0.15) is 36.6 Å². The summed E-state index contributed by atoms with van der Waals surface area (Å²) in [5.41, 5.74) is -0.570. The van der Waals surface area contributed by atoms with E-state index in [4.69, 9.17) is 0 Å². The number of rotatable bonds is 2. The van der Waals surface area contributed by atoms with Crippen LogP contribution in [0.4, 0.5) is 0 Å². The van der Waals surface area contributed by atoms with Crippen molar-refractivity contribution in [1.29, 1.82) is 0 Å². The molecule has 16 heavy (non-hydrogen) atoms. The van der Waals surface area contributed by atoms with Crippen LogP contribution in [-0.4, -0.2) is 20.4 Å². The summed E-state index contributed by atoms with van der Waals surface area (Å²) in [5.74, 6) is -0.469. The molecule has 0 aromatic carbocycles. The van der Waals surface area contributed by atoms with Crippen molar-refractivity contribution in [2.24, 2.45) is 5.92 Å². The Morgan fingerprint density at radius 1 is 1.50 bits per heavy atom. The third-order valence-electron chi connectivity index (χ3n) is 2.76. The highest BCUT2D eigenvalue weighted by atomic mass is 16.3. The molecule has 0 atom stereocenters. The number of nitrogens with zero attached hydrogens (tertiary/aromatic N) is 2. The van der Waals surface area contributed by atoms with Gasteiger partial charge in [0, 0.05) is 18.9 Å². The van der Waals surface area contributed by atoms with Gasteiger partial charge in [0.25, 0.3) is 5.56 Å². The molecule has 1 aromatic heterocycles. The topological polar surface area (TPSA) is 72.2 Å². The van der Waals surface area contributed by atoms with E-state index in [2.05, 4.69) is 4.98 Å². The zero-order valence-electron chi connectivity index (χ0n) is 9.36. The molecule has 0 bridgehead atoms. The Morgan fingerprint density at radius 3 is 2.81 bits per heavy atom. The van der Waals surface area contributed by atoms with Crippen molar-refractivity contribution >= 4 is 5.78 Å². The third-order valence-corrected chi connectivity index (χ3v) is 2.76. The summed E-state index contributed by atoms with van der Waals surface area (Å²) in [5, 5.41) is 9.66. The molecule has 1 aliphatic heterocycles. The van der Waals surface area contributed by atoms with Crippen molar-refractivity contribution in [3.63, 3.8) is 0 Å². The zero-order valence-corrected chi connectivity index (χ0v) is 9.36. The number of aromatic hydroxyl groups is 1. The molecule has 0 spiro atoms. The molecule has 2 rings (SSSR count). The van der Waals surface area contributed by atoms with Crippen molar-refractivity contribution in [3.8, 4) is 5.75 Å². The lowest BCUT2D eigenvalue weighted by Gasteiger charge is -2.08. The van der Waals surface area contributed by atoms with Gasteiger partial charge in [-0.3, -0.25) is 14.2 Å². The minimum atomic E-state index is -0.510. The van der Waals surface area contributed by atoms with Gasteiger partial charge in [0.05, 0.1) is 0 Å². The number of Topliss-reactive ketones (excluding diaryl/α,β-unsaturated/α-hetero) is 1. The minimum Gasteiger partial charge on any atom is -0.501 e. The maximum absolute atomic E-state index is 11.7. The van der Waals surface area contributed by atoms with Crippen molar-refractivity contribution in [2.45, 2.75) is 33.2 Å². The van der Waals surface area contributed by atoms with Crippen LogP contribution >= 0.6 is 0 Å². The average molecular weight is 222 g/mol. The summed E-state index contributed by atoms with van der Waals surface area (Å²) < 4.78 is 1.44. The van der Waals surface area contributed by atoms with Crippen molar-refractivity contribution in [1.82, 2.24) is 9.55 Å². The van der Waals surface area contributed by atoms with Crippen molar-refractivity contribution in [3.05, 3.63) is 21.9 Å². The zero-order chi connectivity index (χ0) is 11.9. The van der Waals surface area contributed by atoms with E-state index in [-0.39, 0.29) is 17.4 Å². The highest BCUT2D eigenvalue weighted by molar-refractivity contribution is 5.97. The molecular formula is C11H14N2O3. The number of carbonyl (C=O) groups is 1. The van der Waals surface area contributed by atoms with E-state index in [9.17, 15) is 14.7 Å². The Morgan fingerprint density at radius 2 is 2.19 bits per heavy atom. The Bertz CT molecular complexity index is 503. The molecule has 86 valence electrons. The van der Waals surface area contributed by atoms with Gasteiger partial charge in [-0.1, -0.05) is 13.8 Å². The number of carbonyl (C=O) groups excluding carboxylic acids is 1. The van der Waals surface area contributed by atoms with Crippen LogP contribution in [0.5, 0.6) is 5.75 Å². The van der Waals surface area contributed by atoms with Gasteiger partial charge in [0.15, 0.2) is 11.5 Å². The second-order valence-electron chi connectivity index (χ2n) is 4.30. The SMILES string of the molecule is CC(C)C(=O)c1nc2n(c(=O)c1O)CCC2. The Balaban J connectivity index is 2.61. The first kappa shape index (κ1) is 10.9. The molecule has 1 aromatic rings. The molecule has 0 fully saturated rings. The number of aromatic nitrogens is 2. The minimum absolute atomic E-state index is 0.0758. The van der Waals surface area contributed by atoms with Gasteiger partial charge < -0.3 is 5.11 Å². The summed E-state index contributed by atoms with van der Waals surface area (Å²) in [4.78, 5) is 27.6. The maximum Gasteiger partial charge on any atom is 0.296 e. The third kappa shape index (κ3) is 1.52. The molecule has 0 amide bonds. The van der Waals surface area contributed by atoms with Crippen LogP contribution in [0.25, 0.3) is 0 Å². The fourth-order valence-electron chi connectivity index (χ4n) is 1.85. The van der Waals surface area contributed by atoms with Crippen LogP contribution in [0.2, 0.25) is 0 Å². The molecule has 1 aliphatic rings. The summed E-state index contributed by atoms with van der Waals surface area (Å²) in [6, 6.07) is 0. The summed E-state index contributed by atoms with van der Waals surface area (Å²) >= 11 is 0. The molecule has 2 heterocycles. The number of ketones is 1. The normalized spacial score (nSPS) is 14.2. The predicted octanol–water partition coefficient (Wildman–Crippen LogP) is 0.734. The maximum atomic E-state index is 11.7. The molecule has 0 saturated carbocycles. The molecule has 5 heteroatoms. The summed E-state index contributed by atoms with van der Waals surface area (Å²) in [7, 11) is 0. The fourth-order valence-corrected chi connectivity index (χ4v) is 1.85. The lowest BCUT2D eigenvalue weighted by Crippen LogP contribution is -2.24. The second-order valence-corrected chi connectivity index (χ2v) is 4.30. The molecule has 5 nitrogen and oxygen atoms in total. The van der Waals surface area contributed by atoms with Gasteiger partial charge in [-0.15, -0.1) is 0 Å². The molecular weight excluding hydrogens is 208 g/mol. The smallest absolute Gasteiger partial charge is 0.296 e. The predicted molar refractivity (Wildman–Crippen MR) is 57.7 cm³/mol. The van der Waals surface area contributed by atoms with Crippen LogP contribution in [0.15, 0.2) is 4.79 Å². The van der Waals surface area contributed by atoms with Crippen molar-refractivity contribution in [2.75, 3.05) is 0 Å². The molecule has 0 saturated heterocycles. The summed E-state index contributed by atoms with van der Waals surface area (Å²) in [6.07, 6.45) is 1.52. The van der Waals surface area contributed by atoms with Gasteiger partial charge >= 0.3 is 0 Å². The van der Waals surface area contributed by atoms with Gasteiger partial charge in [-0.2, -0.15) is 0 Å². The summed E-state index contributed by atoms with van der Waals surface area (Å²) in [6.45, 7) is 4.01. The first-order valence-corrected chi connectivity index (χ1v) is 5.39. The van der Waals surface area contributed by atoms with Gasteiger partial charge in [0.2, 0.25) is 5.75 Å². The van der Waals surface area contributed by atoms with E-state index >= 15 is 0 Å².